The predicted octanol–water partition coefficient (Wildman–Crippen LogP) is 1.95. The zero-order chi connectivity index (χ0) is 23.5. The predicted molar refractivity (Wildman–Crippen MR) is 93.9 cm³/mol. The fraction of sp³-hybridized carbons (Fsp3) is 0.176. The van der Waals surface area contributed by atoms with Crippen LogP contribution in [0.25, 0.3) is 27.9 Å². The summed E-state index contributed by atoms with van der Waals surface area (Å²) >= 11 is 0. The molecule has 4 aromatic heterocycles. The molecule has 0 aliphatic heterocycles. The molecule has 0 saturated carbocycles. The maximum absolute atomic E-state index is 8.32. The second kappa shape index (κ2) is 5.87. The molecule has 27 heavy (non-hydrogen) atoms. The first-order valence-electron chi connectivity index (χ1n) is 10.7. The second-order valence-corrected chi connectivity index (χ2v) is 5.58. The van der Waals surface area contributed by atoms with Crippen molar-refractivity contribution in [3.05, 3.63) is 48.0 Å². The van der Waals surface area contributed by atoms with E-state index in [2.05, 4.69) is 30.8 Å². The Morgan fingerprint density at radius 3 is 2.93 bits per heavy atom. The molecule has 0 aliphatic rings. The molecule has 0 aliphatic carbocycles. The van der Waals surface area contributed by atoms with Crippen LogP contribution in [0.2, 0.25) is 0 Å². The molecule has 0 bridgehead atoms. The summed E-state index contributed by atoms with van der Waals surface area (Å²) in [7, 11) is 1.60. The van der Waals surface area contributed by atoms with Crippen LogP contribution in [0.4, 0.5) is 0 Å². The summed E-state index contributed by atoms with van der Waals surface area (Å²) in [5.41, 5.74) is 0.0253. The molecule has 0 radical (unpaired) electrons. The van der Waals surface area contributed by atoms with Crippen molar-refractivity contribution in [2.45, 2.75) is 13.4 Å². The molecule has 10 heteroatoms. The second-order valence-electron chi connectivity index (χ2n) is 5.58. The molecular weight excluding hydrogens is 348 g/mol. The average molecular weight is 368 g/mol. The molecule has 5 rings (SSSR count). The van der Waals surface area contributed by atoms with Gasteiger partial charge in [0.2, 0.25) is 11.7 Å². The summed E-state index contributed by atoms with van der Waals surface area (Å²) in [4.78, 5) is 0. The van der Waals surface area contributed by atoms with Gasteiger partial charge in [-0.15, -0.1) is 20.4 Å². The summed E-state index contributed by atoms with van der Waals surface area (Å²) in [6.45, 7) is -5.06. The van der Waals surface area contributed by atoms with Crippen molar-refractivity contribution < 1.29 is 17.5 Å². The minimum atomic E-state index is -2.68. The van der Waals surface area contributed by atoms with Crippen molar-refractivity contribution >= 4 is 16.4 Å². The first-order valence-corrected chi connectivity index (χ1v) is 7.73. The molecule has 1 aromatic carbocycles. The van der Waals surface area contributed by atoms with E-state index >= 15 is 0 Å². The molecule has 0 fully saturated rings. The van der Waals surface area contributed by atoms with Crippen LogP contribution in [-0.4, -0.2) is 40.0 Å². The van der Waals surface area contributed by atoms with Gasteiger partial charge in [-0.05, 0) is 12.9 Å². The van der Waals surface area contributed by atoms with Crippen LogP contribution in [0.5, 0.6) is 5.88 Å². The highest BCUT2D eigenvalue weighted by molar-refractivity contribution is 5.96. The normalized spacial score (nSPS) is 15.7. The summed E-state index contributed by atoms with van der Waals surface area (Å²) in [5, 5.41) is 24.6. The van der Waals surface area contributed by atoms with E-state index in [0.29, 0.717) is 10.8 Å². The number of rotatable bonds is 4. The Hall–Kier alpha value is -3.82. The molecule has 0 saturated heterocycles. The molecular formula is C17H14N8O2. The number of aromatic nitrogens is 8. The number of nitrogens with zero attached hydrogens (tertiary/aromatic N) is 8. The highest BCUT2D eigenvalue weighted by Gasteiger charge is 2.18. The number of hydrogen-bond donors (Lipinski definition) is 0. The quantitative estimate of drug-likeness (QED) is 0.473. The minimum Gasteiger partial charge on any atom is -0.470 e. The maximum atomic E-state index is 8.32. The third kappa shape index (κ3) is 2.58. The third-order valence-corrected chi connectivity index (χ3v) is 3.76. The number of benzene rings is 1. The summed E-state index contributed by atoms with van der Waals surface area (Å²) in [6.07, 6.45) is 1.38. The van der Waals surface area contributed by atoms with Crippen LogP contribution in [-0.2, 0) is 13.6 Å². The van der Waals surface area contributed by atoms with Crippen molar-refractivity contribution in [1.82, 2.24) is 40.0 Å². The minimum absolute atomic E-state index is 0.0628. The lowest BCUT2D eigenvalue weighted by Crippen LogP contribution is -2.03. The Kier molecular flexibility index (Phi) is 2.25. The number of fused-ring (bicyclic) bond motifs is 3. The Labute approximate surface area is 160 Å². The largest absolute Gasteiger partial charge is 0.470 e. The van der Waals surface area contributed by atoms with Crippen molar-refractivity contribution in [2.75, 3.05) is 0 Å². The highest BCUT2D eigenvalue weighted by Crippen LogP contribution is 2.29. The number of aryl methyl sites for hydroxylation is 2. The van der Waals surface area contributed by atoms with E-state index in [1.54, 1.807) is 31.3 Å². The van der Waals surface area contributed by atoms with Crippen LogP contribution in [0, 0.1) is 6.85 Å². The van der Waals surface area contributed by atoms with Crippen LogP contribution >= 0.6 is 0 Å². The average Bonchev–Trinajstić information content (AvgIpc) is 3.46. The van der Waals surface area contributed by atoms with E-state index in [1.165, 1.54) is 15.4 Å². The van der Waals surface area contributed by atoms with E-state index in [0.717, 1.165) is 0 Å². The van der Waals surface area contributed by atoms with Gasteiger partial charge in [-0.2, -0.15) is 4.52 Å². The fourth-order valence-corrected chi connectivity index (χ4v) is 2.61. The Morgan fingerprint density at radius 2 is 2.15 bits per heavy atom. The van der Waals surface area contributed by atoms with E-state index in [-0.39, 0.29) is 28.7 Å². The molecule has 0 N–H and O–H groups in total. The number of ether oxygens (including phenoxy) is 1. The van der Waals surface area contributed by atoms with E-state index < -0.39 is 25.2 Å². The first-order chi connectivity index (χ1) is 15.6. The Bertz CT molecular complexity index is 1500. The standard InChI is InChI=1S/C17H14N8O2/c1-10-7-14(22-27-10)16-20-19-15-12-5-3-4-6-13(12)17(21-25(15)16)26-9-11-8-24(2)23-18-11/h3-8H,9H2,1-2H3/i1D3,7D,9D2. The van der Waals surface area contributed by atoms with Gasteiger partial charge in [0.15, 0.2) is 11.3 Å². The molecule has 10 nitrogen and oxygen atoms in total. The monoisotopic (exact) mass is 368 g/mol. The van der Waals surface area contributed by atoms with Crippen LogP contribution in [0.1, 0.15) is 19.7 Å². The highest BCUT2D eigenvalue weighted by atomic mass is 16.5. The van der Waals surface area contributed by atoms with Gasteiger partial charge in [0.1, 0.15) is 18.0 Å². The topological polar surface area (TPSA) is 109 Å². The summed E-state index contributed by atoms with van der Waals surface area (Å²) < 4.78 is 60.3. The van der Waals surface area contributed by atoms with Crippen molar-refractivity contribution in [3.8, 4) is 17.4 Å². The number of hydrogen-bond acceptors (Lipinski definition) is 8. The molecule has 0 spiro atoms. The van der Waals surface area contributed by atoms with E-state index in [1.807, 2.05) is 0 Å². The fourth-order valence-electron chi connectivity index (χ4n) is 2.61. The van der Waals surface area contributed by atoms with Crippen LogP contribution in [0.15, 0.2) is 41.0 Å². The molecule has 0 unspecified atom stereocenters. The van der Waals surface area contributed by atoms with Gasteiger partial charge in [0, 0.05) is 28.0 Å². The van der Waals surface area contributed by atoms with Gasteiger partial charge < -0.3 is 9.26 Å². The molecule has 0 amide bonds. The van der Waals surface area contributed by atoms with E-state index in [9.17, 15) is 0 Å². The van der Waals surface area contributed by atoms with Gasteiger partial charge in [-0.25, -0.2) is 0 Å². The molecule has 5 aromatic rings. The van der Waals surface area contributed by atoms with Gasteiger partial charge in [0.05, 0.1) is 10.3 Å². The van der Waals surface area contributed by atoms with Gasteiger partial charge in [0.25, 0.3) is 0 Å². The van der Waals surface area contributed by atoms with Crippen LogP contribution in [0.3, 0.4) is 0 Å². The molecule has 4 heterocycles. The third-order valence-electron chi connectivity index (χ3n) is 3.76. The lowest BCUT2D eigenvalue weighted by Gasteiger charge is -2.08. The van der Waals surface area contributed by atoms with Gasteiger partial charge in [-0.1, -0.05) is 28.6 Å². The molecule has 0 atom stereocenters. The lowest BCUT2D eigenvalue weighted by molar-refractivity contribution is 0.289. The van der Waals surface area contributed by atoms with Crippen molar-refractivity contribution in [1.29, 1.82) is 0 Å². The summed E-state index contributed by atoms with van der Waals surface area (Å²) in [5.74, 6) is -0.767. The summed E-state index contributed by atoms with van der Waals surface area (Å²) in [6, 6.07) is 6.39. The Morgan fingerprint density at radius 1 is 1.26 bits per heavy atom. The van der Waals surface area contributed by atoms with Crippen LogP contribution < -0.4 is 4.74 Å². The SMILES string of the molecule is [2H]c1c(-c2nnc3c4ccccc4c(OC([2H])([2H])c4cn(C)nn4)nn23)noc1C([2H])([2H])[2H]. The first kappa shape index (κ1) is 10.4. The van der Waals surface area contributed by atoms with Crippen molar-refractivity contribution in [2.24, 2.45) is 7.05 Å². The van der Waals surface area contributed by atoms with Gasteiger partial charge >= 0.3 is 0 Å². The van der Waals surface area contributed by atoms with E-state index in [4.69, 9.17) is 17.5 Å². The zero-order valence-electron chi connectivity index (χ0n) is 19.8. The lowest BCUT2D eigenvalue weighted by atomic mass is 10.2. The Balaban J connectivity index is 1.70. The van der Waals surface area contributed by atoms with Gasteiger partial charge in [-0.3, -0.25) is 4.68 Å². The smallest absolute Gasteiger partial charge is 0.240 e. The maximum Gasteiger partial charge on any atom is 0.240 e. The molecule has 134 valence electrons. The van der Waals surface area contributed by atoms with Crippen molar-refractivity contribution in [3.63, 3.8) is 0 Å². The zero-order valence-corrected chi connectivity index (χ0v) is 13.8.